The molecule has 1 fully saturated rings. The van der Waals surface area contributed by atoms with Crippen LogP contribution in [0.2, 0.25) is 0 Å². The predicted molar refractivity (Wildman–Crippen MR) is 119 cm³/mol. The van der Waals surface area contributed by atoms with E-state index in [0.29, 0.717) is 11.3 Å². The van der Waals surface area contributed by atoms with Gasteiger partial charge in [0.2, 0.25) is 0 Å². The van der Waals surface area contributed by atoms with Gasteiger partial charge in [0, 0.05) is 41.3 Å². The minimum absolute atomic E-state index is 0. The fraction of sp³-hybridized carbons (Fsp3) is 0.632. The zero-order valence-corrected chi connectivity index (χ0v) is 18.7. The first-order valence-corrected chi connectivity index (χ1v) is 10.7. The number of nitrogens with one attached hydrogen (secondary N) is 2. The van der Waals surface area contributed by atoms with Gasteiger partial charge in [-0.2, -0.15) is 0 Å². The van der Waals surface area contributed by atoms with E-state index >= 15 is 0 Å². The van der Waals surface area contributed by atoms with Crippen LogP contribution in [-0.4, -0.2) is 46.9 Å². The van der Waals surface area contributed by atoms with Gasteiger partial charge in [-0.1, -0.05) is 31.5 Å². The molecule has 0 saturated heterocycles. The smallest absolute Gasteiger partial charge is 0.191 e. The molecule has 0 amide bonds. The molecular formula is C19H30IN3O2S. The highest BCUT2D eigenvalue weighted by molar-refractivity contribution is 14.0. The van der Waals surface area contributed by atoms with Gasteiger partial charge in [0.25, 0.3) is 0 Å². The van der Waals surface area contributed by atoms with Crippen LogP contribution in [0, 0.1) is 0 Å². The summed E-state index contributed by atoms with van der Waals surface area (Å²) in [5.41, 5.74) is 1.27. The first-order chi connectivity index (χ1) is 12.2. The Bertz CT molecular complexity index is 616. The van der Waals surface area contributed by atoms with Crippen molar-refractivity contribution >= 4 is 40.7 Å². The highest BCUT2D eigenvalue weighted by Gasteiger charge is 2.27. The van der Waals surface area contributed by atoms with E-state index in [-0.39, 0.29) is 30.1 Å². The summed E-state index contributed by atoms with van der Waals surface area (Å²) in [6.45, 7) is 2.73. The standard InChI is InChI=1S/C19H29N3O2S.HI/c1-3-25(23)17-9-6-8-15(12-17)22-19(20-2)21-13-16-11-14-7-4-5-10-18(14)24-16;/h4-5,7,10,15-17H,3,6,8-9,11-13H2,1-2H3,(H2,20,21,22);1H. The van der Waals surface area contributed by atoms with E-state index < -0.39 is 10.8 Å². The molecule has 1 saturated carbocycles. The van der Waals surface area contributed by atoms with Crippen LogP contribution in [-0.2, 0) is 17.2 Å². The minimum atomic E-state index is -0.700. The van der Waals surface area contributed by atoms with Gasteiger partial charge in [0.1, 0.15) is 11.9 Å². The van der Waals surface area contributed by atoms with Gasteiger partial charge in [0.15, 0.2) is 5.96 Å². The molecule has 1 aliphatic heterocycles. The number of aliphatic imine (C=N–C) groups is 1. The van der Waals surface area contributed by atoms with Crippen LogP contribution in [0.3, 0.4) is 0 Å². The fourth-order valence-corrected chi connectivity index (χ4v) is 5.06. The number of ether oxygens (including phenoxy) is 1. The van der Waals surface area contributed by atoms with Gasteiger partial charge in [-0.3, -0.25) is 9.20 Å². The Morgan fingerprint density at radius 1 is 1.35 bits per heavy atom. The molecule has 26 heavy (non-hydrogen) atoms. The maximum atomic E-state index is 12.1. The molecule has 5 nitrogen and oxygen atoms in total. The number of halogens is 1. The van der Waals surface area contributed by atoms with E-state index in [9.17, 15) is 4.21 Å². The van der Waals surface area contributed by atoms with E-state index in [0.717, 1.165) is 56.1 Å². The molecule has 2 N–H and O–H groups in total. The van der Waals surface area contributed by atoms with E-state index in [1.807, 2.05) is 19.1 Å². The van der Waals surface area contributed by atoms with Crippen LogP contribution in [0.1, 0.15) is 38.2 Å². The second-order valence-corrected chi connectivity index (χ2v) is 8.81. The number of benzene rings is 1. The number of fused-ring (bicyclic) bond motifs is 1. The molecule has 0 radical (unpaired) electrons. The van der Waals surface area contributed by atoms with Crippen molar-refractivity contribution in [3.05, 3.63) is 29.8 Å². The van der Waals surface area contributed by atoms with Crippen molar-refractivity contribution in [1.82, 2.24) is 10.6 Å². The third kappa shape index (κ3) is 5.58. The zero-order chi connectivity index (χ0) is 17.6. The number of guanidine groups is 1. The molecule has 4 unspecified atom stereocenters. The minimum Gasteiger partial charge on any atom is -0.488 e. The van der Waals surface area contributed by atoms with Gasteiger partial charge in [-0.15, -0.1) is 24.0 Å². The monoisotopic (exact) mass is 491 g/mol. The van der Waals surface area contributed by atoms with E-state index in [1.165, 1.54) is 5.56 Å². The van der Waals surface area contributed by atoms with Crippen LogP contribution in [0.4, 0.5) is 0 Å². The summed E-state index contributed by atoms with van der Waals surface area (Å²) in [7, 11) is 1.10. The van der Waals surface area contributed by atoms with E-state index in [4.69, 9.17) is 4.74 Å². The molecule has 3 rings (SSSR count). The summed E-state index contributed by atoms with van der Waals surface area (Å²) in [6.07, 6.45) is 5.37. The van der Waals surface area contributed by atoms with E-state index in [2.05, 4.69) is 27.8 Å². The Morgan fingerprint density at radius 3 is 2.88 bits per heavy atom. The maximum absolute atomic E-state index is 12.1. The molecule has 7 heteroatoms. The Kier molecular flexibility index (Phi) is 8.66. The van der Waals surface area contributed by atoms with Gasteiger partial charge >= 0.3 is 0 Å². The predicted octanol–water partition coefficient (Wildman–Crippen LogP) is 2.85. The van der Waals surface area contributed by atoms with Crippen molar-refractivity contribution in [3.8, 4) is 5.75 Å². The summed E-state index contributed by atoms with van der Waals surface area (Å²) in [4.78, 5) is 4.35. The molecule has 146 valence electrons. The summed E-state index contributed by atoms with van der Waals surface area (Å²) in [5.74, 6) is 2.56. The molecule has 4 atom stereocenters. The first-order valence-electron chi connectivity index (χ1n) is 9.28. The second kappa shape index (κ2) is 10.5. The van der Waals surface area contributed by atoms with Gasteiger partial charge in [0.05, 0.1) is 6.54 Å². The molecular weight excluding hydrogens is 461 g/mol. The molecule has 0 spiro atoms. The lowest BCUT2D eigenvalue weighted by Crippen LogP contribution is -2.48. The zero-order valence-electron chi connectivity index (χ0n) is 15.6. The molecule has 1 aromatic rings. The normalized spacial score (nSPS) is 26.2. The fourth-order valence-electron chi connectivity index (χ4n) is 3.72. The number of rotatable bonds is 5. The molecule has 1 aromatic carbocycles. The Morgan fingerprint density at radius 2 is 2.15 bits per heavy atom. The lowest BCUT2D eigenvalue weighted by Gasteiger charge is -2.30. The third-order valence-electron chi connectivity index (χ3n) is 5.06. The number of hydrogen-bond donors (Lipinski definition) is 2. The number of nitrogens with zero attached hydrogens (tertiary/aromatic N) is 1. The molecule has 2 aliphatic rings. The van der Waals surface area contributed by atoms with Crippen molar-refractivity contribution in [2.45, 2.75) is 56.4 Å². The molecule has 0 bridgehead atoms. The van der Waals surface area contributed by atoms with E-state index in [1.54, 1.807) is 7.05 Å². The SMILES string of the molecule is CCS(=O)C1CCCC(NC(=NC)NCC2Cc3ccccc3O2)C1.I. The topological polar surface area (TPSA) is 62.7 Å². The highest BCUT2D eigenvalue weighted by atomic mass is 127. The number of hydrogen-bond acceptors (Lipinski definition) is 3. The summed E-state index contributed by atoms with van der Waals surface area (Å²) >= 11 is 0. The van der Waals surface area contributed by atoms with Crippen LogP contribution in [0.15, 0.2) is 29.3 Å². The molecule has 0 aromatic heterocycles. The summed E-state index contributed by atoms with van der Waals surface area (Å²) in [6, 6.07) is 8.56. The molecule has 1 heterocycles. The Balaban J connectivity index is 0.00000243. The average Bonchev–Trinajstić information content (AvgIpc) is 3.07. The van der Waals surface area contributed by atoms with Gasteiger partial charge in [-0.25, -0.2) is 0 Å². The quantitative estimate of drug-likeness (QED) is 0.378. The lowest BCUT2D eigenvalue weighted by atomic mass is 9.95. The van der Waals surface area contributed by atoms with Crippen LogP contribution >= 0.6 is 24.0 Å². The van der Waals surface area contributed by atoms with Crippen molar-refractivity contribution < 1.29 is 8.95 Å². The summed E-state index contributed by atoms with van der Waals surface area (Å²) < 4.78 is 18.1. The van der Waals surface area contributed by atoms with Crippen molar-refractivity contribution in [2.75, 3.05) is 19.3 Å². The summed E-state index contributed by atoms with van der Waals surface area (Å²) in [5, 5.41) is 7.22. The largest absolute Gasteiger partial charge is 0.488 e. The molecule has 1 aliphatic carbocycles. The van der Waals surface area contributed by atoms with Crippen LogP contribution < -0.4 is 15.4 Å². The second-order valence-electron chi connectivity index (χ2n) is 6.80. The lowest BCUT2D eigenvalue weighted by molar-refractivity contribution is 0.234. The average molecular weight is 491 g/mol. The van der Waals surface area contributed by atoms with Gasteiger partial charge in [-0.05, 0) is 30.9 Å². The maximum Gasteiger partial charge on any atom is 0.191 e. The Hall–Kier alpha value is -0.830. The van der Waals surface area contributed by atoms with Crippen molar-refractivity contribution in [3.63, 3.8) is 0 Å². The Labute approximate surface area is 176 Å². The van der Waals surface area contributed by atoms with Crippen molar-refractivity contribution in [1.29, 1.82) is 0 Å². The number of para-hydroxylation sites is 1. The highest BCUT2D eigenvalue weighted by Crippen LogP contribution is 2.27. The van der Waals surface area contributed by atoms with Gasteiger partial charge < -0.3 is 15.4 Å². The van der Waals surface area contributed by atoms with Crippen LogP contribution in [0.25, 0.3) is 0 Å². The van der Waals surface area contributed by atoms with Crippen LogP contribution in [0.5, 0.6) is 5.75 Å². The van der Waals surface area contributed by atoms with Crippen molar-refractivity contribution in [2.24, 2.45) is 4.99 Å². The third-order valence-corrected chi connectivity index (χ3v) is 6.80. The first kappa shape index (κ1) is 21.5.